The number of nitrogens with zero attached hydrogens (tertiary/aromatic N) is 3. The molecule has 2 aromatic carbocycles. The predicted octanol–water partition coefficient (Wildman–Crippen LogP) is 4.55. The predicted molar refractivity (Wildman–Crippen MR) is 125 cm³/mol. The first-order valence-corrected chi connectivity index (χ1v) is 10.7. The van der Waals surface area contributed by atoms with Crippen molar-refractivity contribution in [2.45, 2.75) is 19.7 Å². The number of pyridine rings is 1. The number of carbonyl (C=O) groups excluding carboxylic acids is 1. The van der Waals surface area contributed by atoms with Gasteiger partial charge < -0.3 is 10.1 Å². The maximum absolute atomic E-state index is 12.6. The number of amides is 1. The Balaban J connectivity index is 1.36. The number of benzene rings is 2. The molecule has 0 saturated carbocycles. The molecule has 2 aromatic heterocycles. The highest BCUT2D eigenvalue weighted by Gasteiger charge is 2.12. The van der Waals surface area contributed by atoms with E-state index in [9.17, 15) is 4.79 Å². The fourth-order valence-electron chi connectivity index (χ4n) is 3.07. The first-order valence-electron chi connectivity index (χ1n) is 9.88. The maximum Gasteiger partial charge on any atom is 0.240 e. The fraction of sp³-hybridized carbons (Fsp3) is 0.130. The second kappa shape index (κ2) is 10.2. The summed E-state index contributed by atoms with van der Waals surface area (Å²) in [5, 5.41) is 10.5. The quantitative estimate of drug-likeness (QED) is 0.373. The SMILES string of the molecule is O=C(Cn1c(-c2ccc(Cl)cc2)n[nH]c1=S)NCc1cccc(OCc2ccccn2)c1. The fourth-order valence-corrected chi connectivity index (χ4v) is 3.39. The van der Waals surface area contributed by atoms with Gasteiger partial charge in [0.1, 0.15) is 18.9 Å². The summed E-state index contributed by atoms with van der Waals surface area (Å²) in [6, 6.07) is 20.5. The van der Waals surface area contributed by atoms with Crippen LogP contribution in [0, 0.1) is 4.77 Å². The van der Waals surface area contributed by atoms with Gasteiger partial charge in [0.25, 0.3) is 0 Å². The van der Waals surface area contributed by atoms with Crippen LogP contribution in [-0.2, 0) is 24.5 Å². The summed E-state index contributed by atoms with van der Waals surface area (Å²) in [5.41, 5.74) is 2.58. The number of ether oxygens (including phenoxy) is 1. The lowest BCUT2D eigenvalue weighted by Gasteiger charge is -2.10. The molecule has 162 valence electrons. The second-order valence-electron chi connectivity index (χ2n) is 6.98. The molecular formula is C23H20ClN5O2S. The molecule has 4 aromatic rings. The van der Waals surface area contributed by atoms with Crippen LogP contribution in [0.25, 0.3) is 11.4 Å². The molecule has 4 rings (SSSR count). The van der Waals surface area contributed by atoms with E-state index in [1.165, 1.54) is 0 Å². The van der Waals surface area contributed by atoms with Crippen molar-refractivity contribution < 1.29 is 9.53 Å². The summed E-state index contributed by atoms with van der Waals surface area (Å²) < 4.78 is 7.82. The van der Waals surface area contributed by atoms with E-state index >= 15 is 0 Å². The van der Waals surface area contributed by atoms with Crippen molar-refractivity contribution in [1.82, 2.24) is 25.1 Å². The van der Waals surface area contributed by atoms with Crippen molar-refractivity contribution in [3.8, 4) is 17.1 Å². The number of aromatic nitrogens is 4. The Morgan fingerprint density at radius 3 is 2.75 bits per heavy atom. The molecule has 9 heteroatoms. The average molecular weight is 466 g/mol. The average Bonchev–Trinajstić information content (AvgIpc) is 3.18. The molecule has 1 amide bonds. The summed E-state index contributed by atoms with van der Waals surface area (Å²) in [6.07, 6.45) is 1.73. The number of nitrogens with one attached hydrogen (secondary N) is 2. The number of hydrogen-bond donors (Lipinski definition) is 2. The number of hydrogen-bond acceptors (Lipinski definition) is 5. The molecule has 0 aliphatic carbocycles. The van der Waals surface area contributed by atoms with E-state index in [0.29, 0.717) is 34.5 Å². The van der Waals surface area contributed by atoms with Gasteiger partial charge in [-0.25, -0.2) is 0 Å². The Hall–Kier alpha value is -3.49. The lowest BCUT2D eigenvalue weighted by molar-refractivity contribution is -0.121. The Morgan fingerprint density at radius 2 is 1.97 bits per heavy atom. The Morgan fingerprint density at radius 1 is 1.12 bits per heavy atom. The van der Waals surface area contributed by atoms with Gasteiger partial charge in [-0.2, -0.15) is 5.10 Å². The van der Waals surface area contributed by atoms with Crippen LogP contribution in [0.5, 0.6) is 5.75 Å². The Bertz CT molecular complexity index is 1260. The third-order valence-electron chi connectivity index (χ3n) is 4.66. The number of aromatic amines is 1. The molecule has 0 fully saturated rings. The van der Waals surface area contributed by atoms with Crippen LogP contribution in [0.15, 0.2) is 72.9 Å². The molecule has 32 heavy (non-hydrogen) atoms. The molecule has 7 nitrogen and oxygen atoms in total. The molecule has 0 saturated heterocycles. The smallest absolute Gasteiger partial charge is 0.240 e. The Labute approximate surface area is 195 Å². The van der Waals surface area contributed by atoms with Gasteiger partial charge >= 0.3 is 0 Å². The van der Waals surface area contributed by atoms with E-state index in [1.54, 1.807) is 22.9 Å². The lowest BCUT2D eigenvalue weighted by atomic mass is 10.2. The summed E-state index contributed by atoms with van der Waals surface area (Å²) in [7, 11) is 0. The zero-order valence-corrected chi connectivity index (χ0v) is 18.6. The van der Waals surface area contributed by atoms with Crippen molar-refractivity contribution in [3.05, 3.63) is 94.0 Å². The van der Waals surface area contributed by atoms with Crippen LogP contribution in [0.1, 0.15) is 11.3 Å². The van der Waals surface area contributed by atoms with Crippen LogP contribution < -0.4 is 10.1 Å². The van der Waals surface area contributed by atoms with Gasteiger partial charge in [0.15, 0.2) is 10.6 Å². The molecule has 0 radical (unpaired) electrons. The standard InChI is InChI=1S/C23H20ClN5O2S/c24-18-9-7-17(8-10-18)22-27-28-23(32)29(22)14-21(30)26-13-16-4-3-6-20(12-16)31-15-19-5-1-2-11-25-19/h1-12H,13-15H2,(H,26,30)(H,28,32). The molecular weight excluding hydrogens is 446 g/mol. The summed E-state index contributed by atoms with van der Waals surface area (Å²) >= 11 is 11.3. The molecule has 0 aliphatic rings. The van der Waals surface area contributed by atoms with E-state index in [1.807, 2.05) is 54.6 Å². The molecule has 0 unspecified atom stereocenters. The first kappa shape index (κ1) is 21.7. The highest BCUT2D eigenvalue weighted by atomic mass is 35.5. The summed E-state index contributed by atoms with van der Waals surface area (Å²) in [5.74, 6) is 1.11. The number of rotatable bonds is 8. The molecule has 2 N–H and O–H groups in total. The van der Waals surface area contributed by atoms with Crippen LogP contribution in [0.3, 0.4) is 0 Å². The molecule has 2 heterocycles. The molecule has 0 atom stereocenters. The van der Waals surface area contributed by atoms with Crippen LogP contribution >= 0.6 is 23.8 Å². The van der Waals surface area contributed by atoms with Crippen molar-refractivity contribution in [2.24, 2.45) is 0 Å². The van der Waals surface area contributed by atoms with Gasteiger partial charge in [-0.3, -0.25) is 19.4 Å². The first-order chi connectivity index (χ1) is 15.6. The lowest BCUT2D eigenvalue weighted by Crippen LogP contribution is -2.27. The van der Waals surface area contributed by atoms with Crippen LogP contribution in [0.2, 0.25) is 5.02 Å². The minimum absolute atomic E-state index is 0.0448. The van der Waals surface area contributed by atoms with Gasteiger partial charge in [0.2, 0.25) is 5.91 Å². The number of H-pyrrole nitrogens is 1. The molecule has 0 spiro atoms. The zero-order valence-electron chi connectivity index (χ0n) is 17.0. The Kier molecular flexibility index (Phi) is 6.94. The van der Waals surface area contributed by atoms with Crippen molar-refractivity contribution >= 4 is 29.7 Å². The third kappa shape index (κ3) is 5.60. The van der Waals surface area contributed by atoms with Crippen LogP contribution in [0.4, 0.5) is 0 Å². The van der Waals surface area contributed by atoms with Crippen molar-refractivity contribution in [3.63, 3.8) is 0 Å². The van der Waals surface area contributed by atoms with Crippen molar-refractivity contribution in [2.75, 3.05) is 0 Å². The minimum atomic E-state index is -0.183. The van der Waals surface area contributed by atoms with E-state index in [4.69, 9.17) is 28.6 Å². The monoisotopic (exact) mass is 465 g/mol. The minimum Gasteiger partial charge on any atom is -0.487 e. The van der Waals surface area contributed by atoms with Gasteiger partial charge in [0.05, 0.1) is 5.69 Å². The summed E-state index contributed by atoms with van der Waals surface area (Å²) in [4.78, 5) is 16.8. The van der Waals surface area contributed by atoms with E-state index in [-0.39, 0.29) is 12.5 Å². The van der Waals surface area contributed by atoms with E-state index < -0.39 is 0 Å². The summed E-state index contributed by atoms with van der Waals surface area (Å²) in [6.45, 7) is 0.785. The normalized spacial score (nSPS) is 10.7. The maximum atomic E-state index is 12.6. The van der Waals surface area contributed by atoms with Crippen molar-refractivity contribution in [1.29, 1.82) is 0 Å². The second-order valence-corrected chi connectivity index (χ2v) is 7.80. The third-order valence-corrected chi connectivity index (χ3v) is 5.23. The van der Waals surface area contributed by atoms with Gasteiger partial charge in [-0.1, -0.05) is 29.8 Å². The van der Waals surface area contributed by atoms with Crippen LogP contribution in [-0.4, -0.2) is 25.7 Å². The van der Waals surface area contributed by atoms with E-state index in [2.05, 4.69) is 20.5 Å². The van der Waals surface area contributed by atoms with E-state index in [0.717, 1.165) is 16.8 Å². The highest BCUT2D eigenvalue weighted by molar-refractivity contribution is 7.71. The van der Waals surface area contributed by atoms with Gasteiger partial charge in [0, 0.05) is 23.3 Å². The number of carbonyl (C=O) groups is 1. The van der Waals surface area contributed by atoms with Gasteiger partial charge in [-0.05, 0) is 66.3 Å². The molecule has 0 aliphatic heterocycles. The highest BCUT2D eigenvalue weighted by Crippen LogP contribution is 2.20. The van der Waals surface area contributed by atoms with Gasteiger partial charge in [-0.15, -0.1) is 0 Å². The largest absolute Gasteiger partial charge is 0.487 e. The zero-order chi connectivity index (χ0) is 22.3. The topological polar surface area (TPSA) is 84.8 Å². The molecule has 0 bridgehead atoms. The number of halogens is 1.